The molecule has 1 aromatic rings. The van der Waals surface area contributed by atoms with Crippen LogP contribution in [0, 0.1) is 12.8 Å². The molecule has 0 atom stereocenters. The summed E-state index contributed by atoms with van der Waals surface area (Å²) < 4.78 is 0. The van der Waals surface area contributed by atoms with Gasteiger partial charge in [-0.25, -0.2) is 9.97 Å². The Hall–Kier alpha value is -1.22. The molecule has 14 heavy (non-hydrogen) atoms. The average Bonchev–Trinajstić information content (AvgIpc) is 2.14. The van der Waals surface area contributed by atoms with Crippen molar-refractivity contribution >= 4 is 6.08 Å². The van der Waals surface area contributed by atoms with Crippen LogP contribution in [0.5, 0.6) is 0 Å². The fourth-order valence-electron chi connectivity index (χ4n) is 1.21. The number of hydrogen-bond acceptors (Lipinski definition) is 3. The first-order valence-electron chi connectivity index (χ1n) is 4.83. The number of rotatable bonds is 3. The van der Waals surface area contributed by atoms with E-state index in [2.05, 4.69) is 23.8 Å². The van der Waals surface area contributed by atoms with E-state index in [-0.39, 0.29) is 0 Å². The van der Waals surface area contributed by atoms with Crippen molar-refractivity contribution in [1.29, 1.82) is 0 Å². The Bertz CT molecular complexity index is 329. The van der Waals surface area contributed by atoms with E-state index >= 15 is 0 Å². The lowest BCUT2D eigenvalue weighted by molar-refractivity contribution is 0.752. The predicted molar refractivity (Wildman–Crippen MR) is 58.6 cm³/mol. The first-order chi connectivity index (χ1) is 6.63. The smallest absolute Gasteiger partial charge is 0.125 e. The van der Waals surface area contributed by atoms with Gasteiger partial charge in [0.2, 0.25) is 0 Å². The van der Waals surface area contributed by atoms with E-state index < -0.39 is 0 Å². The molecule has 1 rings (SSSR count). The summed E-state index contributed by atoms with van der Waals surface area (Å²) in [5, 5.41) is 0. The van der Waals surface area contributed by atoms with Crippen molar-refractivity contribution in [2.24, 2.45) is 11.7 Å². The van der Waals surface area contributed by atoms with Gasteiger partial charge >= 0.3 is 0 Å². The summed E-state index contributed by atoms with van der Waals surface area (Å²) >= 11 is 0. The summed E-state index contributed by atoms with van der Waals surface area (Å²) in [6, 6.07) is 1.89. The normalized spacial score (nSPS) is 12.2. The van der Waals surface area contributed by atoms with Crippen molar-refractivity contribution in [3.63, 3.8) is 0 Å². The van der Waals surface area contributed by atoms with E-state index in [0.29, 0.717) is 12.5 Å². The third-order valence-corrected chi connectivity index (χ3v) is 2.11. The molecule has 0 saturated heterocycles. The molecular formula is C11H17N3. The number of nitrogens with two attached hydrogens (primary N) is 1. The van der Waals surface area contributed by atoms with Crippen molar-refractivity contribution in [3.8, 4) is 0 Å². The molecule has 3 heteroatoms. The zero-order valence-corrected chi connectivity index (χ0v) is 8.99. The minimum Gasteiger partial charge on any atom is -0.327 e. The SMILES string of the molecule is Cc1nccc(/C=C(\CN)C(C)C)n1. The molecule has 3 nitrogen and oxygen atoms in total. The third-order valence-electron chi connectivity index (χ3n) is 2.11. The van der Waals surface area contributed by atoms with Crippen LogP contribution < -0.4 is 5.73 Å². The molecule has 0 spiro atoms. The summed E-state index contributed by atoms with van der Waals surface area (Å²) in [6.45, 7) is 6.73. The standard InChI is InChI=1S/C11H17N3/c1-8(2)10(7-12)6-11-4-5-13-9(3)14-11/h4-6,8H,7,12H2,1-3H3/b10-6+. The Morgan fingerprint density at radius 1 is 1.57 bits per heavy atom. The largest absolute Gasteiger partial charge is 0.327 e. The van der Waals surface area contributed by atoms with Crippen LogP contribution in [0.1, 0.15) is 25.4 Å². The van der Waals surface area contributed by atoms with Crippen molar-refractivity contribution in [1.82, 2.24) is 9.97 Å². The molecule has 2 N–H and O–H groups in total. The molecule has 0 aromatic carbocycles. The van der Waals surface area contributed by atoms with Crippen LogP contribution in [-0.2, 0) is 0 Å². The van der Waals surface area contributed by atoms with Crippen LogP contribution in [0.2, 0.25) is 0 Å². The maximum absolute atomic E-state index is 5.65. The third kappa shape index (κ3) is 2.92. The zero-order chi connectivity index (χ0) is 10.6. The van der Waals surface area contributed by atoms with Gasteiger partial charge in [0.1, 0.15) is 5.82 Å². The Balaban J connectivity index is 2.94. The molecule has 0 amide bonds. The van der Waals surface area contributed by atoms with Crippen LogP contribution in [0.25, 0.3) is 6.08 Å². The highest BCUT2D eigenvalue weighted by atomic mass is 14.9. The van der Waals surface area contributed by atoms with Crippen molar-refractivity contribution in [2.45, 2.75) is 20.8 Å². The number of aromatic nitrogens is 2. The minimum absolute atomic E-state index is 0.468. The molecule has 76 valence electrons. The Kier molecular flexibility index (Phi) is 3.77. The molecule has 0 unspecified atom stereocenters. The lowest BCUT2D eigenvalue weighted by Crippen LogP contribution is -2.08. The molecule has 0 bridgehead atoms. The molecule has 0 radical (unpaired) electrons. The van der Waals surface area contributed by atoms with Crippen LogP contribution in [0.3, 0.4) is 0 Å². The lowest BCUT2D eigenvalue weighted by Gasteiger charge is -2.08. The summed E-state index contributed by atoms with van der Waals surface area (Å²) in [5.41, 5.74) is 7.80. The summed E-state index contributed by atoms with van der Waals surface area (Å²) in [7, 11) is 0. The van der Waals surface area contributed by atoms with E-state index in [1.165, 1.54) is 5.57 Å². The minimum atomic E-state index is 0.468. The molecule has 1 aromatic heterocycles. The molecule has 1 heterocycles. The van der Waals surface area contributed by atoms with Gasteiger partial charge in [0.15, 0.2) is 0 Å². The Morgan fingerprint density at radius 2 is 2.29 bits per heavy atom. The number of hydrogen-bond donors (Lipinski definition) is 1. The first kappa shape index (κ1) is 10.9. The summed E-state index contributed by atoms with van der Waals surface area (Å²) in [6.07, 6.45) is 3.81. The van der Waals surface area contributed by atoms with E-state index in [1.807, 2.05) is 19.1 Å². The Labute approximate surface area is 85.1 Å². The highest BCUT2D eigenvalue weighted by Crippen LogP contribution is 2.11. The zero-order valence-electron chi connectivity index (χ0n) is 8.99. The van der Waals surface area contributed by atoms with Gasteiger partial charge in [-0.05, 0) is 25.0 Å². The van der Waals surface area contributed by atoms with Crippen molar-refractivity contribution in [2.75, 3.05) is 6.54 Å². The second-order valence-corrected chi connectivity index (χ2v) is 3.61. The fourth-order valence-corrected chi connectivity index (χ4v) is 1.21. The average molecular weight is 191 g/mol. The quantitative estimate of drug-likeness (QED) is 0.792. The second-order valence-electron chi connectivity index (χ2n) is 3.61. The van der Waals surface area contributed by atoms with Gasteiger partial charge in [0.05, 0.1) is 5.69 Å². The number of aryl methyl sites for hydroxylation is 1. The van der Waals surface area contributed by atoms with Crippen LogP contribution in [-0.4, -0.2) is 16.5 Å². The van der Waals surface area contributed by atoms with Gasteiger partial charge in [-0.15, -0.1) is 0 Å². The number of nitrogens with zero attached hydrogens (tertiary/aromatic N) is 2. The molecule has 0 aliphatic carbocycles. The Morgan fingerprint density at radius 3 is 2.79 bits per heavy atom. The maximum Gasteiger partial charge on any atom is 0.125 e. The van der Waals surface area contributed by atoms with Crippen LogP contribution >= 0.6 is 0 Å². The molecule has 0 saturated carbocycles. The maximum atomic E-state index is 5.65. The molecular weight excluding hydrogens is 174 g/mol. The predicted octanol–water partition coefficient (Wildman–Crippen LogP) is 1.78. The monoisotopic (exact) mass is 191 g/mol. The van der Waals surface area contributed by atoms with Crippen LogP contribution in [0.15, 0.2) is 17.8 Å². The van der Waals surface area contributed by atoms with Crippen molar-refractivity contribution < 1.29 is 0 Å². The lowest BCUT2D eigenvalue weighted by atomic mass is 10.0. The molecule has 0 aliphatic heterocycles. The fraction of sp³-hybridized carbons (Fsp3) is 0.455. The van der Waals surface area contributed by atoms with Crippen LogP contribution in [0.4, 0.5) is 0 Å². The summed E-state index contributed by atoms with van der Waals surface area (Å²) in [5.74, 6) is 1.26. The van der Waals surface area contributed by atoms with Gasteiger partial charge in [-0.3, -0.25) is 0 Å². The molecule has 0 aliphatic rings. The second kappa shape index (κ2) is 4.86. The van der Waals surface area contributed by atoms with Gasteiger partial charge < -0.3 is 5.73 Å². The van der Waals surface area contributed by atoms with E-state index in [0.717, 1.165) is 11.5 Å². The van der Waals surface area contributed by atoms with E-state index in [1.54, 1.807) is 6.20 Å². The van der Waals surface area contributed by atoms with E-state index in [9.17, 15) is 0 Å². The summed E-state index contributed by atoms with van der Waals surface area (Å²) in [4.78, 5) is 8.35. The van der Waals surface area contributed by atoms with Gasteiger partial charge in [0, 0.05) is 12.7 Å². The first-order valence-corrected chi connectivity index (χ1v) is 4.83. The van der Waals surface area contributed by atoms with E-state index in [4.69, 9.17) is 5.73 Å². The van der Waals surface area contributed by atoms with Gasteiger partial charge in [-0.1, -0.05) is 19.4 Å². The highest BCUT2D eigenvalue weighted by molar-refractivity contribution is 5.49. The van der Waals surface area contributed by atoms with Gasteiger partial charge in [-0.2, -0.15) is 0 Å². The van der Waals surface area contributed by atoms with Crippen molar-refractivity contribution in [3.05, 3.63) is 29.4 Å². The molecule has 0 fully saturated rings. The topological polar surface area (TPSA) is 51.8 Å². The highest BCUT2D eigenvalue weighted by Gasteiger charge is 2.01. The van der Waals surface area contributed by atoms with Gasteiger partial charge in [0.25, 0.3) is 0 Å².